The fourth-order valence-corrected chi connectivity index (χ4v) is 5.44. The summed E-state index contributed by atoms with van der Waals surface area (Å²) >= 11 is 0. The number of imidazole rings is 1. The van der Waals surface area contributed by atoms with Crippen LogP contribution in [0.3, 0.4) is 0 Å². The fraction of sp³-hybridized carbons (Fsp3) is 0.367. The largest absolute Gasteiger partial charge is 0.416 e. The zero-order valence-corrected chi connectivity index (χ0v) is 24.0. The van der Waals surface area contributed by atoms with Crippen molar-refractivity contribution in [2.24, 2.45) is 5.41 Å². The minimum atomic E-state index is -4.56. The Balaban J connectivity index is 1.31. The number of benzene rings is 1. The molecule has 0 saturated carbocycles. The Hall–Kier alpha value is -4.56. The first-order chi connectivity index (χ1) is 21.0. The van der Waals surface area contributed by atoms with Crippen LogP contribution in [-0.4, -0.2) is 69.0 Å². The van der Waals surface area contributed by atoms with E-state index in [2.05, 4.69) is 15.3 Å². The van der Waals surface area contributed by atoms with Crippen molar-refractivity contribution < 1.29 is 32.2 Å². The summed E-state index contributed by atoms with van der Waals surface area (Å²) < 4.78 is 52.6. The first kappa shape index (κ1) is 29.5. The second kappa shape index (κ2) is 11.2. The summed E-state index contributed by atoms with van der Waals surface area (Å²) in [5, 5.41) is 2.41. The number of nitrogen functional groups attached to an aromatic ring is 1. The van der Waals surface area contributed by atoms with Crippen molar-refractivity contribution in [3.63, 3.8) is 0 Å². The van der Waals surface area contributed by atoms with E-state index < -0.39 is 29.2 Å². The van der Waals surface area contributed by atoms with Gasteiger partial charge in [-0.2, -0.15) is 13.2 Å². The number of nitrogens with zero attached hydrogens (tertiary/aromatic N) is 5. The summed E-state index contributed by atoms with van der Waals surface area (Å²) in [7, 11) is 0. The van der Waals surface area contributed by atoms with Crippen molar-refractivity contribution >= 4 is 29.0 Å². The molecule has 14 heteroatoms. The van der Waals surface area contributed by atoms with E-state index in [0.29, 0.717) is 61.9 Å². The maximum Gasteiger partial charge on any atom is 0.416 e. The topological polar surface area (TPSA) is 137 Å². The summed E-state index contributed by atoms with van der Waals surface area (Å²) in [6.45, 7) is 5.76. The van der Waals surface area contributed by atoms with Crippen LogP contribution in [-0.2, 0) is 26.9 Å². The molecule has 1 aromatic carbocycles. The van der Waals surface area contributed by atoms with Crippen LogP contribution >= 0.6 is 0 Å². The molecule has 2 saturated heterocycles. The van der Waals surface area contributed by atoms with Gasteiger partial charge in [0, 0.05) is 35.8 Å². The molecular weight excluding hydrogens is 579 g/mol. The molecular formula is C30H30F3N7O4. The number of anilines is 2. The molecule has 2 aliphatic rings. The van der Waals surface area contributed by atoms with Gasteiger partial charge in [-0.05, 0) is 37.6 Å². The maximum absolute atomic E-state index is 13.3. The van der Waals surface area contributed by atoms with E-state index >= 15 is 0 Å². The highest BCUT2D eigenvalue weighted by atomic mass is 19.4. The number of carbonyl (C=O) groups excluding carboxylic acids is 2. The van der Waals surface area contributed by atoms with Crippen LogP contribution in [0.2, 0.25) is 0 Å². The van der Waals surface area contributed by atoms with Crippen LogP contribution in [0.1, 0.15) is 47.4 Å². The van der Waals surface area contributed by atoms with E-state index in [1.165, 1.54) is 12.1 Å². The van der Waals surface area contributed by atoms with E-state index in [4.69, 9.17) is 20.2 Å². The van der Waals surface area contributed by atoms with Gasteiger partial charge in [-0.1, -0.05) is 19.1 Å². The van der Waals surface area contributed by atoms with Gasteiger partial charge in [0.2, 0.25) is 5.91 Å². The Labute approximate surface area is 250 Å². The summed E-state index contributed by atoms with van der Waals surface area (Å²) in [5.74, 6) is -0.00561. The fourth-order valence-electron chi connectivity index (χ4n) is 5.44. The monoisotopic (exact) mass is 609 g/mol. The normalized spacial score (nSPS) is 18.2. The van der Waals surface area contributed by atoms with Gasteiger partial charge in [0.25, 0.3) is 5.91 Å². The average Bonchev–Trinajstić information content (AvgIpc) is 3.41. The number of alkyl halides is 3. The number of morpholine rings is 1. The number of amides is 2. The van der Waals surface area contributed by atoms with Gasteiger partial charge in [-0.3, -0.25) is 14.0 Å². The minimum absolute atomic E-state index is 0.0178. The van der Waals surface area contributed by atoms with E-state index in [-0.39, 0.29) is 23.1 Å². The molecule has 44 heavy (non-hydrogen) atoms. The van der Waals surface area contributed by atoms with Gasteiger partial charge < -0.3 is 25.4 Å². The highest BCUT2D eigenvalue weighted by Gasteiger charge is 2.45. The van der Waals surface area contributed by atoms with Gasteiger partial charge >= 0.3 is 6.18 Å². The van der Waals surface area contributed by atoms with E-state index in [1.54, 1.807) is 23.2 Å². The van der Waals surface area contributed by atoms with Crippen LogP contribution in [0.5, 0.6) is 0 Å². The highest BCUT2D eigenvalue weighted by Crippen LogP contribution is 2.36. The predicted molar refractivity (Wildman–Crippen MR) is 154 cm³/mol. The number of halogens is 3. The van der Waals surface area contributed by atoms with Gasteiger partial charge in [-0.15, -0.1) is 0 Å². The number of fused-ring (bicyclic) bond motifs is 1. The Bertz CT molecular complexity index is 1740. The first-order valence-electron chi connectivity index (χ1n) is 14.1. The first-order valence-corrected chi connectivity index (χ1v) is 14.1. The molecule has 2 fully saturated rings. The third kappa shape index (κ3) is 5.35. The Morgan fingerprint density at radius 2 is 1.91 bits per heavy atom. The lowest BCUT2D eigenvalue weighted by molar-refractivity contribution is -0.175. The number of hydrogen-bond donors (Lipinski definition) is 2. The third-order valence-corrected chi connectivity index (χ3v) is 7.90. The summed E-state index contributed by atoms with van der Waals surface area (Å²) in [6, 6.07) is 8.02. The molecule has 4 aromatic rings. The van der Waals surface area contributed by atoms with Crippen LogP contribution < -0.4 is 11.1 Å². The highest BCUT2D eigenvalue weighted by molar-refractivity contribution is 6.04. The van der Waals surface area contributed by atoms with Crippen LogP contribution in [0.15, 0.2) is 48.8 Å². The molecule has 3 N–H and O–H groups in total. The minimum Gasteiger partial charge on any atom is -0.382 e. The SMILES string of the molecule is CCc1cnc(N)c2c(-c3ccc(C(=O)Nc4cc(C(F)(F)F)ccn4)cc3)nc([C@H]3CN(C(=O)C4(C)COC4)CCO3)n12. The van der Waals surface area contributed by atoms with Gasteiger partial charge in [-0.25, -0.2) is 15.0 Å². The zero-order chi connectivity index (χ0) is 31.2. The number of carbonyl (C=O) groups is 2. The van der Waals surface area contributed by atoms with E-state index in [0.717, 1.165) is 24.0 Å². The Morgan fingerprint density at radius 3 is 2.57 bits per heavy atom. The standard InChI is InChI=1S/C30H30F3N7O4/c1-3-20-13-36-25(34)24-23(38-26(40(20)24)21-14-39(10-11-44-21)28(42)29(2)15-43-16-29)17-4-6-18(7-5-17)27(41)37-22-12-19(8-9-35-22)30(31,32)33/h4-9,12-13,21H,3,10-11,14-16H2,1-2H3,(H2,34,36)(H,35,37,41)/t21-/m1/s1. The van der Waals surface area contributed by atoms with Gasteiger partial charge in [0.15, 0.2) is 0 Å². The zero-order valence-electron chi connectivity index (χ0n) is 24.0. The number of hydrogen-bond acceptors (Lipinski definition) is 8. The smallest absolute Gasteiger partial charge is 0.382 e. The van der Waals surface area contributed by atoms with Crippen molar-refractivity contribution in [1.82, 2.24) is 24.3 Å². The molecule has 2 aliphatic heterocycles. The summed E-state index contributed by atoms with van der Waals surface area (Å²) in [4.78, 5) is 41.0. The molecule has 0 aliphatic carbocycles. The van der Waals surface area contributed by atoms with Crippen molar-refractivity contribution in [3.05, 3.63) is 71.4 Å². The number of nitrogens with two attached hydrogens (primary N) is 1. The number of pyridine rings is 1. The average molecular weight is 610 g/mol. The second-order valence-corrected chi connectivity index (χ2v) is 11.1. The van der Waals surface area contributed by atoms with Crippen LogP contribution in [0.25, 0.3) is 16.8 Å². The maximum atomic E-state index is 13.3. The molecule has 0 spiro atoms. The van der Waals surface area contributed by atoms with Gasteiger partial charge in [0.05, 0.1) is 37.3 Å². The van der Waals surface area contributed by atoms with Crippen molar-refractivity contribution in [2.75, 3.05) is 44.0 Å². The summed E-state index contributed by atoms with van der Waals surface area (Å²) in [5.41, 5.74) is 7.68. The molecule has 0 unspecified atom stereocenters. The Morgan fingerprint density at radius 1 is 1.16 bits per heavy atom. The lowest BCUT2D eigenvalue weighted by Gasteiger charge is -2.42. The lowest BCUT2D eigenvalue weighted by atomic mass is 9.86. The molecule has 0 radical (unpaired) electrons. The van der Waals surface area contributed by atoms with Crippen LogP contribution in [0, 0.1) is 5.41 Å². The number of rotatable bonds is 6. The third-order valence-electron chi connectivity index (χ3n) is 7.90. The van der Waals surface area contributed by atoms with E-state index in [1.807, 2.05) is 18.2 Å². The molecule has 2 amide bonds. The molecule has 0 bridgehead atoms. The van der Waals surface area contributed by atoms with Crippen molar-refractivity contribution in [2.45, 2.75) is 32.5 Å². The number of ether oxygens (including phenoxy) is 2. The number of aryl methyl sites for hydroxylation is 1. The molecule has 1 atom stereocenters. The van der Waals surface area contributed by atoms with Crippen LogP contribution in [0.4, 0.5) is 24.8 Å². The molecule has 11 nitrogen and oxygen atoms in total. The molecule has 6 rings (SSSR count). The molecule has 230 valence electrons. The molecule has 3 aromatic heterocycles. The Kier molecular flexibility index (Phi) is 7.49. The van der Waals surface area contributed by atoms with Crippen molar-refractivity contribution in [1.29, 1.82) is 0 Å². The van der Waals surface area contributed by atoms with Gasteiger partial charge in [0.1, 0.15) is 34.8 Å². The number of aromatic nitrogens is 4. The van der Waals surface area contributed by atoms with E-state index in [9.17, 15) is 22.8 Å². The molecule has 5 heterocycles. The quantitative estimate of drug-likeness (QED) is 0.333. The summed E-state index contributed by atoms with van der Waals surface area (Å²) in [6.07, 6.45) is -1.80. The lowest BCUT2D eigenvalue weighted by Crippen LogP contribution is -2.56. The predicted octanol–water partition coefficient (Wildman–Crippen LogP) is 4.14. The van der Waals surface area contributed by atoms with Crippen molar-refractivity contribution in [3.8, 4) is 11.3 Å². The number of nitrogens with one attached hydrogen (secondary N) is 1. The second-order valence-electron chi connectivity index (χ2n) is 11.1.